The van der Waals surface area contributed by atoms with Gasteiger partial charge >= 0.3 is 0 Å². The molecule has 1 atom stereocenters. The minimum absolute atomic E-state index is 0.0408. The second-order valence-corrected chi connectivity index (χ2v) is 11.2. The average Bonchev–Trinajstić information content (AvgIpc) is 3.65. The van der Waals surface area contributed by atoms with Crippen LogP contribution < -0.4 is 15.4 Å². The van der Waals surface area contributed by atoms with Crippen LogP contribution in [0.2, 0.25) is 0 Å². The van der Waals surface area contributed by atoms with Gasteiger partial charge in [0.15, 0.2) is 12.4 Å². The van der Waals surface area contributed by atoms with Crippen LogP contribution in [0, 0.1) is 0 Å². The maximum atomic E-state index is 12.3. The van der Waals surface area contributed by atoms with E-state index in [0.29, 0.717) is 31.2 Å². The molecule has 2 aromatic carbocycles. The molecule has 1 aliphatic heterocycles. The highest BCUT2D eigenvalue weighted by Gasteiger charge is 2.21. The number of nitrogens with zero attached hydrogens (tertiary/aromatic N) is 4. The molecule has 0 radical (unpaired) electrons. The minimum atomic E-state index is -0.128. The van der Waals surface area contributed by atoms with E-state index in [1.807, 2.05) is 53.2 Å². The van der Waals surface area contributed by atoms with E-state index in [-0.39, 0.29) is 18.6 Å². The number of fused-ring (bicyclic) bond motifs is 1. The van der Waals surface area contributed by atoms with Crippen molar-refractivity contribution in [3.8, 4) is 28.3 Å². The number of rotatable bonds is 11. The number of amides is 1. The van der Waals surface area contributed by atoms with Gasteiger partial charge in [-0.3, -0.25) is 4.79 Å². The average molecular weight is 656 g/mol. The molecular formula is C28H30IN6O3P. The molecule has 0 fully saturated rings. The summed E-state index contributed by atoms with van der Waals surface area (Å²) in [5, 5.41) is 10.8. The second-order valence-electron chi connectivity index (χ2n) is 9.17. The van der Waals surface area contributed by atoms with Crippen LogP contribution in [0.3, 0.4) is 0 Å². The van der Waals surface area contributed by atoms with Crippen molar-refractivity contribution in [2.75, 3.05) is 11.9 Å². The summed E-state index contributed by atoms with van der Waals surface area (Å²) in [5.74, 6) is 1.74. The first-order valence-electron chi connectivity index (χ1n) is 12.8. The number of aromatic nitrogens is 4. The van der Waals surface area contributed by atoms with Crippen LogP contribution in [0.15, 0.2) is 60.9 Å². The predicted octanol–water partition coefficient (Wildman–Crippen LogP) is 6.26. The van der Waals surface area contributed by atoms with Gasteiger partial charge in [-0.05, 0) is 64.7 Å². The van der Waals surface area contributed by atoms with Crippen LogP contribution in [0.5, 0.6) is 5.75 Å². The predicted molar refractivity (Wildman–Crippen MR) is 163 cm³/mol. The Morgan fingerprint density at radius 2 is 1.92 bits per heavy atom. The molecule has 0 bridgehead atoms. The summed E-state index contributed by atoms with van der Waals surface area (Å²) in [7, 11) is 0. The summed E-state index contributed by atoms with van der Waals surface area (Å²) in [4.78, 5) is 21.9. The van der Waals surface area contributed by atoms with E-state index in [4.69, 9.17) is 19.4 Å². The number of benzene rings is 2. The smallest absolute Gasteiger partial charge is 0.258 e. The zero-order valence-corrected chi connectivity index (χ0v) is 24.9. The van der Waals surface area contributed by atoms with Crippen LogP contribution in [-0.4, -0.2) is 38.1 Å². The lowest BCUT2D eigenvalue weighted by Gasteiger charge is -2.15. The van der Waals surface area contributed by atoms with Crippen LogP contribution in [0.25, 0.3) is 22.5 Å². The van der Waals surface area contributed by atoms with Crippen molar-refractivity contribution >= 4 is 45.8 Å². The third-order valence-electron chi connectivity index (χ3n) is 6.54. The summed E-state index contributed by atoms with van der Waals surface area (Å²) in [6.45, 7) is 4.97. The minimum Gasteiger partial charge on any atom is -0.484 e. The quantitative estimate of drug-likeness (QED) is 0.145. The van der Waals surface area contributed by atoms with Gasteiger partial charge in [0.1, 0.15) is 11.6 Å². The highest BCUT2D eigenvalue weighted by atomic mass is 127. The summed E-state index contributed by atoms with van der Waals surface area (Å²) in [6, 6.07) is 15.9. The first-order chi connectivity index (χ1) is 19.1. The number of hydrogen-bond acceptors (Lipinski definition) is 7. The van der Waals surface area contributed by atoms with Crippen molar-refractivity contribution in [1.82, 2.24) is 24.8 Å². The molecule has 4 aromatic rings. The number of hydrogen-bond donors (Lipinski definition) is 2. The lowest BCUT2D eigenvalue weighted by molar-refractivity contribution is -0.123. The molecule has 0 saturated heterocycles. The van der Waals surface area contributed by atoms with E-state index in [9.17, 15) is 4.79 Å². The monoisotopic (exact) mass is 656 g/mol. The van der Waals surface area contributed by atoms with E-state index in [0.717, 1.165) is 52.3 Å². The molecule has 0 aliphatic carbocycles. The first-order valence-corrected chi connectivity index (χ1v) is 16.9. The summed E-state index contributed by atoms with van der Waals surface area (Å²) in [6.07, 6.45) is 6.28. The normalized spacial score (nSPS) is 12.7. The molecule has 9 nitrogen and oxygen atoms in total. The van der Waals surface area contributed by atoms with Crippen molar-refractivity contribution in [2.45, 2.75) is 45.9 Å². The van der Waals surface area contributed by atoms with Crippen LogP contribution in [0.4, 0.5) is 11.5 Å². The Balaban J connectivity index is 1.33. The Hall–Kier alpha value is -3.08. The topological polar surface area (TPSA) is 103 Å². The number of halogens is 1. The lowest BCUT2D eigenvalue weighted by Crippen LogP contribution is -2.37. The van der Waals surface area contributed by atoms with E-state index in [1.54, 1.807) is 0 Å². The maximum absolute atomic E-state index is 12.3. The number of carbonyl (C=O) groups excluding carboxylic acids is 1. The third-order valence-corrected chi connectivity index (χ3v) is 8.44. The molecule has 39 heavy (non-hydrogen) atoms. The second kappa shape index (κ2) is 12.8. The molecule has 3 heterocycles. The molecule has 2 N–H and O–H groups in total. The standard InChI is InChI=1S/C28H30IN6O3P/c1-3-21(4-2)31-26(36)17-38-23-7-5-6-19(12-23)27-33-25-16-37-15-24(25)28(34-27)32-22-10-8-18(9-11-22)20-13-30-35(14-20)39-29/h5-14,21,39H,3-4,15-17H2,1-2H3,(H,31,36)(H,32,33,34). The molecule has 0 spiro atoms. The molecule has 1 amide bonds. The zero-order chi connectivity index (χ0) is 27.2. The summed E-state index contributed by atoms with van der Waals surface area (Å²) < 4.78 is 13.4. The molecule has 2 aromatic heterocycles. The molecular weight excluding hydrogens is 626 g/mol. The van der Waals surface area contributed by atoms with Gasteiger partial charge < -0.3 is 20.1 Å². The van der Waals surface area contributed by atoms with Crippen molar-refractivity contribution in [2.24, 2.45) is 0 Å². The highest BCUT2D eigenvalue weighted by molar-refractivity contribution is 14.2. The Kier molecular flexibility index (Phi) is 9.06. The van der Waals surface area contributed by atoms with E-state index >= 15 is 0 Å². The molecule has 202 valence electrons. The number of anilines is 2. The third kappa shape index (κ3) is 6.74. The largest absolute Gasteiger partial charge is 0.484 e. The maximum Gasteiger partial charge on any atom is 0.258 e. The fourth-order valence-corrected chi connectivity index (χ4v) is 5.40. The number of nitrogens with one attached hydrogen (secondary N) is 2. The fraction of sp³-hybridized carbons (Fsp3) is 0.286. The molecule has 5 rings (SSSR count). The van der Waals surface area contributed by atoms with Gasteiger partial charge in [0, 0.05) is 34.6 Å². The lowest BCUT2D eigenvalue weighted by atomic mass is 10.1. The van der Waals surface area contributed by atoms with E-state index in [2.05, 4.69) is 63.8 Å². The highest BCUT2D eigenvalue weighted by Crippen LogP contribution is 2.32. The van der Waals surface area contributed by atoms with E-state index in [1.165, 1.54) is 0 Å². The Morgan fingerprint density at radius 1 is 1.10 bits per heavy atom. The Bertz CT molecular complexity index is 1440. The SMILES string of the molecule is CCC(CC)NC(=O)COc1cccc(-c2nc3c(c(Nc4ccc(-c5cnn(PI)c5)cc4)n2)COC3)c1. The zero-order valence-electron chi connectivity index (χ0n) is 21.8. The van der Waals surface area contributed by atoms with Crippen molar-refractivity contribution in [1.29, 1.82) is 0 Å². The van der Waals surface area contributed by atoms with Crippen molar-refractivity contribution in [3.63, 3.8) is 0 Å². The number of carbonyl (C=O) groups is 1. The summed E-state index contributed by atoms with van der Waals surface area (Å²) in [5.41, 5.74) is 5.72. The van der Waals surface area contributed by atoms with Gasteiger partial charge in [-0.25, -0.2) is 14.4 Å². The Labute approximate surface area is 242 Å². The van der Waals surface area contributed by atoms with Gasteiger partial charge in [-0.2, -0.15) is 5.10 Å². The van der Waals surface area contributed by atoms with Gasteiger partial charge in [0.05, 0.1) is 31.5 Å². The van der Waals surface area contributed by atoms with Crippen molar-refractivity contribution in [3.05, 3.63) is 72.2 Å². The Morgan fingerprint density at radius 3 is 2.67 bits per heavy atom. The van der Waals surface area contributed by atoms with E-state index < -0.39 is 0 Å². The molecule has 1 unspecified atom stereocenters. The number of ether oxygens (including phenoxy) is 2. The van der Waals surface area contributed by atoms with Gasteiger partial charge in [0.25, 0.3) is 5.91 Å². The first kappa shape index (κ1) is 27.5. The van der Waals surface area contributed by atoms with Gasteiger partial charge in [-0.1, -0.05) is 38.1 Å². The fourth-order valence-electron chi connectivity index (χ4n) is 4.32. The van der Waals surface area contributed by atoms with Gasteiger partial charge in [-0.15, -0.1) is 0 Å². The molecule has 0 saturated carbocycles. The van der Waals surface area contributed by atoms with Crippen LogP contribution in [-0.2, 0) is 22.7 Å². The molecule has 11 heteroatoms. The van der Waals surface area contributed by atoms with Crippen LogP contribution >= 0.6 is 28.4 Å². The molecule has 1 aliphatic rings. The van der Waals surface area contributed by atoms with Crippen LogP contribution in [0.1, 0.15) is 37.9 Å². The van der Waals surface area contributed by atoms with Crippen molar-refractivity contribution < 1.29 is 14.3 Å². The van der Waals surface area contributed by atoms with Gasteiger partial charge in [0.2, 0.25) is 0 Å². The summed E-state index contributed by atoms with van der Waals surface area (Å²) >= 11 is 2.31.